The van der Waals surface area contributed by atoms with Crippen LogP contribution in [0.2, 0.25) is 0 Å². The SMILES string of the molecule is CC[C@@H](CO)NC(=O)C1C2CCC(C2)C1N. The van der Waals surface area contributed by atoms with Crippen molar-refractivity contribution < 1.29 is 9.90 Å². The van der Waals surface area contributed by atoms with E-state index in [4.69, 9.17) is 10.8 Å². The Bertz CT molecular complexity index is 264. The maximum absolute atomic E-state index is 12.1. The van der Waals surface area contributed by atoms with Crippen molar-refractivity contribution in [3.8, 4) is 0 Å². The minimum absolute atomic E-state index is 0.0122. The summed E-state index contributed by atoms with van der Waals surface area (Å²) in [6, 6.07) is -0.0752. The third-order valence-corrected chi connectivity index (χ3v) is 4.34. The number of nitrogens with one attached hydrogen (secondary N) is 1. The third-order valence-electron chi connectivity index (χ3n) is 4.34. The standard InChI is InChI=1S/C12H22N2O2/c1-2-9(6-15)14-12(16)10-7-3-4-8(5-7)11(10)13/h7-11,15H,2-6,13H2,1H3,(H,14,16)/t7?,8?,9-,10?,11?/m0/s1. The number of hydrogen-bond donors (Lipinski definition) is 3. The highest BCUT2D eigenvalue weighted by Gasteiger charge is 2.49. The van der Waals surface area contributed by atoms with E-state index in [0.717, 1.165) is 19.3 Å². The van der Waals surface area contributed by atoms with E-state index >= 15 is 0 Å². The Hall–Kier alpha value is -0.610. The van der Waals surface area contributed by atoms with Crippen LogP contribution in [0.4, 0.5) is 0 Å². The molecule has 4 heteroatoms. The van der Waals surface area contributed by atoms with Gasteiger partial charge >= 0.3 is 0 Å². The molecule has 92 valence electrons. The minimum Gasteiger partial charge on any atom is -0.394 e. The average Bonchev–Trinajstić information content (AvgIpc) is 2.85. The van der Waals surface area contributed by atoms with E-state index in [1.165, 1.54) is 6.42 Å². The van der Waals surface area contributed by atoms with Gasteiger partial charge in [0.2, 0.25) is 5.91 Å². The van der Waals surface area contributed by atoms with Crippen molar-refractivity contribution in [3.05, 3.63) is 0 Å². The average molecular weight is 226 g/mol. The molecule has 0 aromatic carbocycles. The molecule has 0 saturated heterocycles. The third kappa shape index (κ3) is 1.96. The monoisotopic (exact) mass is 226 g/mol. The molecule has 2 rings (SSSR count). The molecule has 0 aromatic heterocycles. The second-order valence-electron chi connectivity index (χ2n) is 5.23. The topological polar surface area (TPSA) is 75.3 Å². The smallest absolute Gasteiger partial charge is 0.225 e. The van der Waals surface area contributed by atoms with Gasteiger partial charge < -0.3 is 16.2 Å². The summed E-state index contributed by atoms with van der Waals surface area (Å²) in [5.41, 5.74) is 6.10. The lowest BCUT2D eigenvalue weighted by Crippen LogP contribution is -2.48. The quantitative estimate of drug-likeness (QED) is 0.643. The molecule has 2 saturated carbocycles. The van der Waals surface area contributed by atoms with Gasteiger partial charge in [-0.25, -0.2) is 0 Å². The summed E-state index contributed by atoms with van der Waals surface area (Å²) in [5, 5.41) is 12.0. The molecule has 4 unspecified atom stereocenters. The molecular formula is C12H22N2O2. The maximum atomic E-state index is 12.1. The van der Waals surface area contributed by atoms with Crippen LogP contribution >= 0.6 is 0 Å². The van der Waals surface area contributed by atoms with Crippen molar-refractivity contribution in [1.29, 1.82) is 0 Å². The number of aliphatic hydroxyl groups excluding tert-OH is 1. The number of carbonyl (C=O) groups is 1. The van der Waals surface area contributed by atoms with E-state index < -0.39 is 0 Å². The van der Waals surface area contributed by atoms with Crippen molar-refractivity contribution in [2.24, 2.45) is 23.5 Å². The fourth-order valence-corrected chi connectivity index (χ4v) is 3.30. The van der Waals surface area contributed by atoms with Crippen molar-refractivity contribution in [2.45, 2.75) is 44.7 Å². The molecule has 4 N–H and O–H groups in total. The van der Waals surface area contributed by atoms with Gasteiger partial charge in [-0.3, -0.25) is 4.79 Å². The second kappa shape index (κ2) is 4.72. The van der Waals surface area contributed by atoms with Gasteiger partial charge in [-0.2, -0.15) is 0 Å². The molecular weight excluding hydrogens is 204 g/mol. The molecule has 2 aliphatic carbocycles. The van der Waals surface area contributed by atoms with Crippen LogP contribution in [0.3, 0.4) is 0 Å². The Morgan fingerprint density at radius 2 is 2.19 bits per heavy atom. The molecule has 0 heterocycles. The van der Waals surface area contributed by atoms with Gasteiger partial charge in [0.15, 0.2) is 0 Å². The van der Waals surface area contributed by atoms with Crippen molar-refractivity contribution in [3.63, 3.8) is 0 Å². The molecule has 0 radical (unpaired) electrons. The summed E-state index contributed by atoms with van der Waals surface area (Å²) in [5.74, 6) is 1.08. The molecule has 4 nitrogen and oxygen atoms in total. The van der Waals surface area contributed by atoms with Crippen LogP contribution in [0.5, 0.6) is 0 Å². The van der Waals surface area contributed by atoms with Crippen LogP contribution in [-0.4, -0.2) is 29.7 Å². The van der Waals surface area contributed by atoms with Crippen molar-refractivity contribution >= 4 is 5.91 Å². The lowest BCUT2D eigenvalue weighted by Gasteiger charge is -2.28. The predicted octanol–water partition coefficient (Wildman–Crippen LogP) is 0.247. The largest absolute Gasteiger partial charge is 0.394 e. The zero-order valence-corrected chi connectivity index (χ0v) is 9.86. The zero-order valence-electron chi connectivity index (χ0n) is 9.86. The predicted molar refractivity (Wildman–Crippen MR) is 61.6 cm³/mol. The van der Waals surface area contributed by atoms with Crippen molar-refractivity contribution in [1.82, 2.24) is 5.32 Å². The van der Waals surface area contributed by atoms with Crippen LogP contribution in [0.15, 0.2) is 0 Å². The summed E-state index contributed by atoms with van der Waals surface area (Å²) in [6.45, 7) is 1.97. The van der Waals surface area contributed by atoms with Crippen molar-refractivity contribution in [2.75, 3.05) is 6.61 Å². The number of amides is 1. The molecule has 5 atom stereocenters. The zero-order chi connectivity index (χ0) is 11.7. The summed E-state index contributed by atoms with van der Waals surface area (Å²) < 4.78 is 0. The molecule has 2 bridgehead atoms. The first kappa shape index (κ1) is 11.9. The van der Waals surface area contributed by atoms with Crippen LogP contribution in [0.25, 0.3) is 0 Å². The minimum atomic E-state index is -0.112. The van der Waals surface area contributed by atoms with Gasteiger partial charge in [0.05, 0.1) is 18.6 Å². The van der Waals surface area contributed by atoms with E-state index in [0.29, 0.717) is 11.8 Å². The number of fused-ring (bicyclic) bond motifs is 2. The Morgan fingerprint density at radius 1 is 1.50 bits per heavy atom. The highest BCUT2D eigenvalue weighted by atomic mass is 16.3. The van der Waals surface area contributed by atoms with Crippen LogP contribution in [-0.2, 0) is 4.79 Å². The van der Waals surface area contributed by atoms with Gasteiger partial charge in [0.1, 0.15) is 0 Å². The van der Waals surface area contributed by atoms with E-state index in [-0.39, 0.29) is 30.5 Å². The normalized spacial score (nSPS) is 38.7. The summed E-state index contributed by atoms with van der Waals surface area (Å²) >= 11 is 0. The number of hydrogen-bond acceptors (Lipinski definition) is 3. The molecule has 16 heavy (non-hydrogen) atoms. The van der Waals surface area contributed by atoms with Crippen LogP contribution in [0, 0.1) is 17.8 Å². The van der Waals surface area contributed by atoms with Gasteiger partial charge in [-0.15, -0.1) is 0 Å². The number of carbonyl (C=O) groups excluding carboxylic acids is 1. The number of rotatable bonds is 4. The van der Waals surface area contributed by atoms with Crippen LogP contribution < -0.4 is 11.1 Å². The number of nitrogens with two attached hydrogens (primary N) is 1. The fourth-order valence-electron chi connectivity index (χ4n) is 3.30. The van der Waals surface area contributed by atoms with Gasteiger partial charge in [0, 0.05) is 6.04 Å². The fraction of sp³-hybridized carbons (Fsp3) is 0.917. The summed E-state index contributed by atoms with van der Waals surface area (Å²) in [7, 11) is 0. The molecule has 0 aliphatic heterocycles. The Kier molecular flexibility index (Phi) is 3.50. The number of aliphatic hydroxyl groups is 1. The highest BCUT2D eigenvalue weighted by molar-refractivity contribution is 5.80. The molecule has 0 spiro atoms. The Labute approximate surface area is 96.6 Å². The molecule has 2 fully saturated rings. The maximum Gasteiger partial charge on any atom is 0.225 e. The lowest BCUT2D eigenvalue weighted by atomic mass is 9.84. The first-order chi connectivity index (χ1) is 7.67. The van der Waals surface area contributed by atoms with Gasteiger partial charge in [0.25, 0.3) is 0 Å². The second-order valence-corrected chi connectivity index (χ2v) is 5.23. The van der Waals surface area contributed by atoms with E-state index in [9.17, 15) is 4.79 Å². The Balaban J connectivity index is 1.95. The van der Waals surface area contributed by atoms with Crippen LogP contribution in [0.1, 0.15) is 32.6 Å². The van der Waals surface area contributed by atoms with E-state index in [2.05, 4.69) is 5.32 Å². The summed E-state index contributed by atoms with van der Waals surface area (Å²) in [6.07, 6.45) is 4.21. The van der Waals surface area contributed by atoms with Gasteiger partial charge in [-0.05, 0) is 37.5 Å². The van der Waals surface area contributed by atoms with E-state index in [1.54, 1.807) is 0 Å². The molecule has 0 aromatic rings. The highest BCUT2D eigenvalue weighted by Crippen LogP contribution is 2.47. The summed E-state index contributed by atoms with van der Waals surface area (Å²) in [4.78, 5) is 12.1. The van der Waals surface area contributed by atoms with Gasteiger partial charge in [-0.1, -0.05) is 6.92 Å². The lowest BCUT2D eigenvalue weighted by molar-refractivity contribution is -0.128. The molecule has 2 aliphatic rings. The molecule has 1 amide bonds. The first-order valence-electron chi connectivity index (χ1n) is 6.34. The Morgan fingerprint density at radius 3 is 2.69 bits per heavy atom. The first-order valence-corrected chi connectivity index (χ1v) is 6.34. The van der Waals surface area contributed by atoms with E-state index in [1.807, 2.05) is 6.92 Å².